The monoisotopic (exact) mass is 408 g/mol. The first-order valence-corrected chi connectivity index (χ1v) is 10.3. The maximum Gasteiger partial charge on any atom is 0.337 e. The molecule has 29 heavy (non-hydrogen) atoms. The molecule has 0 aliphatic carbocycles. The molecule has 0 spiro atoms. The van der Waals surface area contributed by atoms with E-state index < -0.39 is 0 Å². The summed E-state index contributed by atoms with van der Waals surface area (Å²) in [6, 6.07) is 15.3. The highest BCUT2D eigenvalue weighted by atomic mass is 32.1. The van der Waals surface area contributed by atoms with Crippen LogP contribution < -0.4 is 0 Å². The number of rotatable bonds is 6. The number of aromatic nitrogens is 1. The number of methoxy groups -OCH3 is 1. The van der Waals surface area contributed by atoms with Gasteiger partial charge in [-0.15, -0.1) is 11.3 Å². The third-order valence-electron chi connectivity index (χ3n) is 4.69. The first-order valence-electron chi connectivity index (χ1n) is 9.37. The molecule has 5 nitrogen and oxygen atoms in total. The lowest BCUT2D eigenvalue weighted by Gasteiger charge is -2.16. The van der Waals surface area contributed by atoms with Crippen molar-refractivity contribution in [2.75, 3.05) is 14.2 Å². The summed E-state index contributed by atoms with van der Waals surface area (Å²) >= 11 is 1.47. The van der Waals surface area contributed by atoms with Gasteiger partial charge in [0.1, 0.15) is 10.7 Å². The highest BCUT2D eigenvalue weighted by Crippen LogP contribution is 2.26. The maximum absolute atomic E-state index is 12.8. The van der Waals surface area contributed by atoms with Crippen LogP contribution in [0.15, 0.2) is 53.9 Å². The van der Waals surface area contributed by atoms with Gasteiger partial charge in [-0.25, -0.2) is 9.78 Å². The zero-order valence-corrected chi connectivity index (χ0v) is 17.8. The minimum absolute atomic E-state index is 0.136. The van der Waals surface area contributed by atoms with Crippen molar-refractivity contribution in [1.82, 2.24) is 9.88 Å². The number of esters is 1. The van der Waals surface area contributed by atoms with Gasteiger partial charge in [0.15, 0.2) is 0 Å². The molecule has 0 unspecified atom stereocenters. The zero-order chi connectivity index (χ0) is 21.0. The van der Waals surface area contributed by atoms with E-state index in [1.54, 1.807) is 29.5 Å². The number of thiazole rings is 1. The molecule has 6 heteroatoms. The van der Waals surface area contributed by atoms with Crippen LogP contribution in [0.1, 0.15) is 51.7 Å². The molecule has 0 aliphatic heterocycles. The quantitative estimate of drug-likeness (QED) is 0.539. The largest absolute Gasteiger partial charge is 0.465 e. The van der Waals surface area contributed by atoms with Crippen molar-refractivity contribution in [3.63, 3.8) is 0 Å². The normalized spacial score (nSPS) is 10.8. The molecule has 1 aromatic heterocycles. The molecule has 0 saturated heterocycles. The SMILES string of the molecule is COC(=O)c1ccc(CN(C)C(=O)c2csc(-c3ccc(C(C)C)cc3)n2)cc1. The Bertz CT molecular complexity index is 992. The predicted molar refractivity (Wildman–Crippen MR) is 115 cm³/mol. The molecule has 0 aliphatic rings. The molecule has 1 heterocycles. The first-order chi connectivity index (χ1) is 13.9. The molecular weight excluding hydrogens is 384 g/mol. The van der Waals surface area contributed by atoms with E-state index in [4.69, 9.17) is 4.74 Å². The fourth-order valence-electron chi connectivity index (χ4n) is 2.92. The standard InChI is InChI=1S/C23H24N2O3S/c1-15(2)17-9-11-18(12-10-17)21-24-20(14-29-21)22(26)25(3)13-16-5-7-19(8-6-16)23(27)28-4/h5-12,14-15H,13H2,1-4H3. The zero-order valence-electron chi connectivity index (χ0n) is 17.0. The summed E-state index contributed by atoms with van der Waals surface area (Å²) in [5, 5.41) is 2.63. The van der Waals surface area contributed by atoms with Crippen LogP contribution in [-0.4, -0.2) is 35.9 Å². The van der Waals surface area contributed by atoms with Crippen LogP contribution in [0.2, 0.25) is 0 Å². The van der Waals surface area contributed by atoms with Crippen LogP contribution in [0.4, 0.5) is 0 Å². The molecule has 0 fully saturated rings. The fourth-order valence-corrected chi connectivity index (χ4v) is 3.72. The highest BCUT2D eigenvalue weighted by molar-refractivity contribution is 7.13. The van der Waals surface area contributed by atoms with E-state index in [9.17, 15) is 9.59 Å². The molecule has 0 saturated carbocycles. The third-order valence-corrected chi connectivity index (χ3v) is 5.58. The van der Waals surface area contributed by atoms with E-state index in [0.717, 1.165) is 16.1 Å². The van der Waals surface area contributed by atoms with Crippen LogP contribution in [0.3, 0.4) is 0 Å². The van der Waals surface area contributed by atoms with Crippen molar-refractivity contribution in [2.24, 2.45) is 0 Å². The Balaban J connectivity index is 1.68. The fraction of sp³-hybridized carbons (Fsp3) is 0.261. The van der Waals surface area contributed by atoms with Gasteiger partial charge >= 0.3 is 5.97 Å². The predicted octanol–water partition coefficient (Wildman–Crippen LogP) is 4.99. The van der Waals surface area contributed by atoms with Crippen molar-refractivity contribution in [3.8, 4) is 10.6 Å². The number of carbonyl (C=O) groups is 2. The lowest BCUT2D eigenvalue weighted by atomic mass is 10.0. The number of amides is 1. The molecule has 0 N–H and O–H groups in total. The third kappa shape index (κ3) is 4.90. The maximum atomic E-state index is 12.8. The summed E-state index contributed by atoms with van der Waals surface area (Å²) in [4.78, 5) is 30.4. The van der Waals surface area contributed by atoms with E-state index in [0.29, 0.717) is 23.7 Å². The van der Waals surface area contributed by atoms with Gasteiger partial charge in [-0.05, 0) is 29.2 Å². The molecular formula is C23H24N2O3S. The number of carbonyl (C=O) groups excluding carboxylic acids is 2. The molecule has 1 amide bonds. The van der Waals surface area contributed by atoms with Crippen molar-refractivity contribution >= 4 is 23.2 Å². The summed E-state index contributed by atoms with van der Waals surface area (Å²) in [5.74, 6) is -0.0337. The minimum Gasteiger partial charge on any atom is -0.465 e. The van der Waals surface area contributed by atoms with Crippen molar-refractivity contribution in [1.29, 1.82) is 0 Å². The van der Waals surface area contributed by atoms with Gasteiger partial charge in [0.2, 0.25) is 0 Å². The molecule has 0 bridgehead atoms. The van der Waals surface area contributed by atoms with E-state index in [1.165, 1.54) is 24.0 Å². The first kappa shape index (κ1) is 20.7. The molecule has 2 aromatic carbocycles. The molecule has 3 rings (SSSR count). The van der Waals surface area contributed by atoms with Gasteiger partial charge < -0.3 is 9.64 Å². The average molecular weight is 409 g/mol. The second kappa shape index (κ2) is 9.01. The summed E-state index contributed by atoms with van der Waals surface area (Å²) in [5.41, 5.74) is 4.14. The van der Waals surface area contributed by atoms with E-state index >= 15 is 0 Å². The summed E-state index contributed by atoms with van der Waals surface area (Å²) in [7, 11) is 3.09. The van der Waals surface area contributed by atoms with Crippen LogP contribution in [0.25, 0.3) is 10.6 Å². The molecule has 150 valence electrons. The summed E-state index contributed by atoms with van der Waals surface area (Å²) < 4.78 is 4.70. The van der Waals surface area contributed by atoms with Crippen LogP contribution in [0, 0.1) is 0 Å². The Morgan fingerprint density at radius 1 is 1.07 bits per heavy atom. The Morgan fingerprint density at radius 3 is 2.31 bits per heavy atom. The van der Waals surface area contributed by atoms with Crippen molar-refractivity contribution in [3.05, 3.63) is 76.3 Å². The van der Waals surface area contributed by atoms with Gasteiger partial charge in [-0.2, -0.15) is 0 Å². The summed E-state index contributed by atoms with van der Waals surface area (Å²) in [6.45, 7) is 4.75. The topological polar surface area (TPSA) is 59.5 Å². The van der Waals surface area contributed by atoms with Gasteiger partial charge in [0.05, 0.1) is 12.7 Å². The minimum atomic E-state index is -0.377. The van der Waals surface area contributed by atoms with Crippen LogP contribution in [-0.2, 0) is 11.3 Å². The van der Waals surface area contributed by atoms with Gasteiger partial charge in [-0.1, -0.05) is 50.2 Å². The smallest absolute Gasteiger partial charge is 0.337 e. The lowest BCUT2D eigenvalue weighted by Crippen LogP contribution is -2.26. The van der Waals surface area contributed by atoms with Crippen LogP contribution in [0.5, 0.6) is 0 Å². The van der Waals surface area contributed by atoms with Crippen LogP contribution >= 0.6 is 11.3 Å². The average Bonchev–Trinajstić information content (AvgIpc) is 3.23. The Kier molecular flexibility index (Phi) is 6.44. The van der Waals surface area contributed by atoms with E-state index in [1.807, 2.05) is 12.1 Å². The summed E-state index contributed by atoms with van der Waals surface area (Å²) in [6.07, 6.45) is 0. The number of ether oxygens (including phenoxy) is 1. The van der Waals surface area contributed by atoms with E-state index in [2.05, 4.69) is 43.1 Å². The van der Waals surface area contributed by atoms with Crippen molar-refractivity contribution in [2.45, 2.75) is 26.3 Å². The Labute approximate surface area is 175 Å². The highest BCUT2D eigenvalue weighted by Gasteiger charge is 2.17. The lowest BCUT2D eigenvalue weighted by molar-refractivity contribution is 0.0600. The van der Waals surface area contributed by atoms with E-state index in [-0.39, 0.29) is 11.9 Å². The number of hydrogen-bond acceptors (Lipinski definition) is 5. The Hall–Kier alpha value is -2.99. The second-order valence-corrected chi connectivity index (χ2v) is 8.02. The number of hydrogen-bond donors (Lipinski definition) is 0. The van der Waals surface area contributed by atoms with Gasteiger partial charge in [0.25, 0.3) is 5.91 Å². The van der Waals surface area contributed by atoms with Gasteiger partial charge in [0, 0.05) is 24.5 Å². The molecule has 0 radical (unpaired) electrons. The Morgan fingerprint density at radius 2 is 1.72 bits per heavy atom. The van der Waals surface area contributed by atoms with Gasteiger partial charge in [-0.3, -0.25) is 4.79 Å². The molecule has 3 aromatic rings. The second-order valence-electron chi connectivity index (χ2n) is 7.16. The number of benzene rings is 2. The van der Waals surface area contributed by atoms with Crippen molar-refractivity contribution < 1.29 is 14.3 Å². The molecule has 0 atom stereocenters. The number of nitrogens with zero attached hydrogens (tertiary/aromatic N) is 2.